The van der Waals surface area contributed by atoms with Crippen LogP contribution in [-0.4, -0.2) is 40.1 Å². The molecule has 7 heteroatoms. The Bertz CT molecular complexity index is 779. The van der Waals surface area contributed by atoms with Crippen LogP contribution in [0.2, 0.25) is 0 Å². The molecule has 7 nitrogen and oxygen atoms in total. The van der Waals surface area contributed by atoms with Crippen LogP contribution in [0.4, 0.5) is 0 Å². The molecular weight excluding hydrogens is 348 g/mol. The average molecular weight is 369 g/mol. The normalized spacial score (nSPS) is 13.9. The average Bonchev–Trinajstić information content (AvgIpc) is 2.65. The number of hydrogen-bond acceptors (Lipinski definition) is 4. The second-order valence-corrected chi connectivity index (χ2v) is 6.03. The van der Waals surface area contributed by atoms with Crippen LogP contribution in [0.1, 0.15) is 24.2 Å². The Morgan fingerprint density at radius 1 is 1.04 bits per heavy atom. The van der Waals surface area contributed by atoms with Gasteiger partial charge in [-0.1, -0.05) is 54.6 Å². The molecule has 2 aromatic carbocycles. The summed E-state index contributed by atoms with van der Waals surface area (Å²) in [5, 5.41) is 24.6. The lowest BCUT2D eigenvalue weighted by molar-refractivity contribution is -0.145. The number of hydrogen-bond donors (Lipinski definition) is 4. The van der Waals surface area contributed by atoms with E-state index in [0.717, 1.165) is 0 Å². The van der Waals surface area contributed by atoms with Gasteiger partial charge in [0.1, 0.15) is 12.1 Å². The van der Waals surface area contributed by atoms with Gasteiger partial charge in [0.05, 0.1) is 0 Å². The minimum atomic E-state index is -1.56. The number of aliphatic hydroxyl groups excluding tert-OH is 1. The van der Waals surface area contributed by atoms with Crippen molar-refractivity contribution in [3.63, 3.8) is 0 Å². The Labute approximate surface area is 157 Å². The highest BCUT2D eigenvalue weighted by Gasteiger charge is 2.32. The van der Waals surface area contributed by atoms with Crippen molar-refractivity contribution in [3.8, 4) is 0 Å². The van der Waals surface area contributed by atoms with E-state index in [-0.39, 0.29) is 6.42 Å². The summed E-state index contributed by atoms with van der Waals surface area (Å²) >= 11 is 0. The number of carbonyl (C=O) groups excluding carboxylic acids is 2. The molecule has 0 spiro atoms. The molecule has 0 saturated heterocycles. The van der Waals surface area contributed by atoms with Crippen molar-refractivity contribution in [3.05, 3.63) is 71.8 Å². The summed E-state index contributed by atoms with van der Waals surface area (Å²) in [6.45, 7) is 1.27. The minimum Gasteiger partial charge on any atom is -0.480 e. The van der Waals surface area contributed by atoms with Crippen molar-refractivity contribution in [2.75, 3.05) is 0 Å². The lowest BCUT2D eigenvalue weighted by atomic mass is 10.0. The van der Waals surface area contributed by atoms with E-state index in [0.29, 0.717) is 11.1 Å². The zero-order valence-corrected chi connectivity index (χ0v) is 14.8. The SMILES string of the molecule is CC(=O)NC(Cc1[c]cccc1)C(=O)NC(C(=O)O)C(O)c1ccccc1. The third-order valence-corrected chi connectivity index (χ3v) is 3.91. The van der Waals surface area contributed by atoms with Crippen LogP contribution in [0, 0.1) is 6.07 Å². The Hall–Kier alpha value is -3.19. The molecular formula is C20H21N2O5. The predicted molar refractivity (Wildman–Crippen MR) is 97.6 cm³/mol. The third-order valence-electron chi connectivity index (χ3n) is 3.91. The van der Waals surface area contributed by atoms with Crippen LogP contribution in [0.3, 0.4) is 0 Å². The fourth-order valence-corrected chi connectivity index (χ4v) is 2.60. The number of amides is 2. The Morgan fingerprint density at radius 2 is 1.70 bits per heavy atom. The number of aliphatic carboxylic acids is 1. The van der Waals surface area contributed by atoms with Crippen molar-refractivity contribution in [2.45, 2.75) is 31.5 Å². The summed E-state index contributed by atoms with van der Waals surface area (Å²) in [5.74, 6) is -2.51. The van der Waals surface area contributed by atoms with Crippen LogP contribution in [0.5, 0.6) is 0 Å². The van der Waals surface area contributed by atoms with Gasteiger partial charge in [-0.3, -0.25) is 9.59 Å². The monoisotopic (exact) mass is 369 g/mol. The van der Waals surface area contributed by atoms with E-state index in [1.165, 1.54) is 6.92 Å². The molecule has 0 fully saturated rings. The quantitative estimate of drug-likeness (QED) is 0.550. The Kier molecular flexibility index (Phi) is 7.08. The maximum absolute atomic E-state index is 12.6. The van der Waals surface area contributed by atoms with E-state index in [2.05, 4.69) is 16.7 Å². The van der Waals surface area contributed by atoms with Gasteiger partial charge in [0.15, 0.2) is 6.04 Å². The fourth-order valence-electron chi connectivity index (χ4n) is 2.60. The molecule has 0 saturated carbocycles. The topological polar surface area (TPSA) is 116 Å². The van der Waals surface area contributed by atoms with E-state index >= 15 is 0 Å². The highest BCUT2D eigenvalue weighted by Crippen LogP contribution is 2.17. The van der Waals surface area contributed by atoms with Gasteiger partial charge in [0.2, 0.25) is 11.8 Å². The minimum absolute atomic E-state index is 0.139. The molecule has 0 aromatic heterocycles. The van der Waals surface area contributed by atoms with Gasteiger partial charge < -0.3 is 20.8 Å². The Balaban J connectivity index is 2.16. The van der Waals surface area contributed by atoms with Gasteiger partial charge in [0, 0.05) is 13.3 Å². The largest absolute Gasteiger partial charge is 0.480 e. The first-order chi connectivity index (χ1) is 12.9. The number of rotatable bonds is 8. The smallest absolute Gasteiger partial charge is 0.329 e. The maximum atomic E-state index is 12.6. The third kappa shape index (κ3) is 5.93. The van der Waals surface area contributed by atoms with Crippen molar-refractivity contribution in [2.24, 2.45) is 0 Å². The zero-order valence-electron chi connectivity index (χ0n) is 14.8. The van der Waals surface area contributed by atoms with Crippen molar-refractivity contribution < 1.29 is 24.6 Å². The van der Waals surface area contributed by atoms with Crippen molar-refractivity contribution in [1.82, 2.24) is 10.6 Å². The van der Waals surface area contributed by atoms with Gasteiger partial charge >= 0.3 is 5.97 Å². The molecule has 0 aliphatic carbocycles. The van der Waals surface area contributed by atoms with E-state index in [9.17, 15) is 24.6 Å². The van der Waals surface area contributed by atoms with Crippen molar-refractivity contribution in [1.29, 1.82) is 0 Å². The second-order valence-electron chi connectivity index (χ2n) is 6.03. The highest BCUT2D eigenvalue weighted by atomic mass is 16.4. The number of nitrogens with one attached hydrogen (secondary N) is 2. The molecule has 141 valence electrons. The van der Waals surface area contributed by atoms with Gasteiger partial charge in [-0.05, 0) is 17.2 Å². The number of aliphatic hydroxyl groups is 1. The molecule has 3 unspecified atom stereocenters. The number of carboxylic acids is 1. The fraction of sp³-hybridized carbons (Fsp3) is 0.250. The summed E-state index contributed by atoms with van der Waals surface area (Å²) in [6, 6.07) is 15.5. The van der Waals surface area contributed by atoms with Crippen molar-refractivity contribution >= 4 is 17.8 Å². The van der Waals surface area contributed by atoms with Crippen LogP contribution in [0.15, 0.2) is 54.6 Å². The van der Waals surface area contributed by atoms with Gasteiger partial charge in [0.25, 0.3) is 0 Å². The molecule has 2 aromatic rings. The second kappa shape index (κ2) is 9.49. The van der Waals surface area contributed by atoms with Crippen LogP contribution in [-0.2, 0) is 20.8 Å². The van der Waals surface area contributed by atoms with Crippen LogP contribution < -0.4 is 10.6 Å². The highest BCUT2D eigenvalue weighted by molar-refractivity contribution is 5.90. The van der Waals surface area contributed by atoms with Gasteiger partial charge in [-0.25, -0.2) is 4.79 Å². The summed E-state index contributed by atoms with van der Waals surface area (Å²) in [4.78, 5) is 35.7. The summed E-state index contributed by atoms with van der Waals surface area (Å²) in [5.41, 5.74) is 1.04. The Morgan fingerprint density at radius 3 is 2.26 bits per heavy atom. The molecule has 0 aliphatic rings. The summed E-state index contributed by atoms with van der Waals surface area (Å²) in [7, 11) is 0. The predicted octanol–water partition coefficient (Wildman–Crippen LogP) is 0.837. The zero-order chi connectivity index (χ0) is 19.8. The van der Waals surface area contributed by atoms with E-state index < -0.39 is 36.0 Å². The number of carbonyl (C=O) groups is 3. The van der Waals surface area contributed by atoms with E-state index in [4.69, 9.17) is 0 Å². The number of benzene rings is 2. The first-order valence-corrected chi connectivity index (χ1v) is 8.37. The first-order valence-electron chi connectivity index (χ1n) is 8.37. The summed E-state index contributed by atoms with van der Waals surface area (Å²) in [6.07, 6.45) is -1.30. The van der Waals surface area contributed by atoms with E-state index in [1.54, 1.807) is 54.6 Å². The standard InChI is InChI=1S/C20H21N2O5/c1-13(23)21-16(12-14-8-4-2-5-9-14)19(25)22-17(20(26)27)18(24)15-10-6-3-7-11-15/h2-8,10-11,16-18,24H,12H2,1H3,(H,21,23)(H,22,25)(H,26,27). The molecule has 0 bridgehead atoms. The molecule has 1 radical (unpaired) electrons. The maximum Gasteiger partial charge on any atom is 0.329 e. The van der Waals surface area contributed by atoms with Gasteiger partial charge in [-0.15, -0.1) is 0 Å². The first kappa shape index (κ1) is 20.1. The van der Waals surface area contributed by atoms with Gasteiger partial charge in [-0.2, -0.15) is 0 Å². The van der Waals surface area contributed by atoms with E-state index in [1.807, 2.05) is 0 Å². The molecule has 2 rings (SSSR count). The summed E-state index contributed by atoms with van der Waals surface area (Å²) < 4.78 is 0. The molecule has 2 amide bonds. The molecule has 0 heterocycles. The lowest BCUT2D eigenvalue weighted by Gasteiger charge is -2.24. The molecule has 3 atom stereocenters. The van der Waals surface area contributed by atoms with Crippen LogP contribution in [0.25, 0.3) is 0 Å². The molecule has 4 N–H and O–H groups in total. The molecule has 27 heavy (non-hydrogen) atoms. The number of carboxylic acid groups (broad SMARTS) is 1. The molecule has 0 aliphatic heterocycles. The lowest BCUT2D eigenvalue weighted by Crippen LogP contribution is -2.53. The van der Waals surface area contributed by atoms with Crippen LogP contribution >= 0.6 is 0 Å².